The van der Waals surface area contributed by atoms with Crippen LogP contribution in [0.2, 0.25) is 0 Å². The lowest BCUT2D eigenvalue weighted by Crippen LogP contribution is -2.09. The zero-order valence-electron chi connectivity index (χ0n) is 12.3. The molecule has 1 aromatic heterocycles. The molecule has 0 saturated carbocycles. The summed E-state index contributed by atoms with van der Waals surface area (Å²) in [5.41, 5.74) is 0.932. The minimum Gasteiger partial charge on any atom is -0.463 e. The van der Waals surface area contributed by atoms with E-state index in [9.17, 15) is 0 Å². The Hall–Kier alpha value is -1.69. The second kappa shape index (κ2) is 7.93. The van der Waals surface area contributed by atoms with Crippen LogP contribution in [0.25, 0.3) is 11.4 Å². The second-order valence-corrected chi connectivity index (χ2v) is 5.46. The standard InChI is InChI=1S/C15H19BrN4O/c1-3-9-17-14-18-13(11-5-7-12(16)8-6-11)19-15(20-14)21-10-4-2/h5-8H,3-4,9-10H2,1-2H3,(H,17,18,19,20). The van der Waals surface area contributed by atoms with Crippen LogP contribution in [0.4, 0.5) is 5.95 Å². The minimum atomic E-state index is 0.364. The van der Waals surface area contributed by atoms with Crippen molar-refractivity contribution in [3.05, 3.63) is 28.7 Å². The van der Waals surface area contributed by atoms with Gasteiger partial charge in [0.05, 0.1) is 6.61 Å². The largest absolute Gasteiger partial charge is 0.463 e. The van der Waals surface area contributed by atoms with Crippen molar-refractivity contribution >= 4 is 21.9 Å². The summed E-state index contributed by atoms with van der Waals surface area (Å²) in [7, 11) is 0. The number of hydrogen-bond donors (Lipinski definition) is 1. The first kappa shape index (κ1) is 15.7. The molecule has 0 fully saturated rings. The Balaban J connectivity index is 2.31. The maximum absolute atomic E-state index is 5.55. The van der Waals surface area contributed by atoms with Crippen LogP contribution in [-0.4, -0.2) is 28.1 Å². The van der Waals surface area contributed by atoms with Crippen LogP contribution in [0.5, 0.6) is 6.01 Å². The number of anilines is 1. The highest BCUT2D eigenvalue weighted by molar-refractivity contribution is 9.10. The Morgan fingerprint density at radius 1 is 1.05 bits per heavy atom. The molecular formula is C15H19BrN4O. The SMILES string of the molecule is CCCNc1nc(OCCC)nc(-c2ccc(Br)cc2)n1. The Morgan fingerprint density at radius 3 is 2.48 bits per heavy atom. The molecule has 0 aliphatic rings. The Bertz CT molecular complexity index is 548. The van der Waals surface area contributed by atoms with E-state index in [0.29, 0.717) is 24.4 Å². The quantitative estimate of drug-likeness (QED) is 0.820. The van der Waals surface area contributed by atoms with E-state index in [4.69, 9.17) is 4.74 Å². The summed E-state index contributed by atoms with van der Waals surface area (Å²) < 4.78 is 6.57. The molecule has 0 spiro atoms. The Morgan fingerprint density at radius 2 is 1.81 bits per heavy atom. The first-order valence-corrected chi connectivity index (χ1v) is 7.91. The van der Waals surface area contributed by atoms with Crippen LogP contribution >= 0.6 is 15.9 Å². The van der Waals surface area contributed by atoms with Gasteiger partial charge in [-0.25, -0.2) is 0 Å². The van der Waals surface area contributed by atoms with Crippen LogP contribution in [0.15, 0.2) is 28.7 Å². The molecule has 21 heavy (non-hydrogen) atoms. The molecule has 2 rings (SSSR count). The zero-order valence-corrected chi connectivity index (χ0v) is 13.9. The molecule has 6 heteroatoms. The minimum absolute atomic E-state index is 0.364. The predicted molar refractivity (Wildman–Crippen MR) is 87.5 cm³/mol. The van der Waals surface area contributed by atoms with Crippen LogP contribution in [0, 0.1) is 0 Å². The molecule has 1 N–H and O–H groups in total. The predicted octanol–water partition coefficient (Wildman–Crippen LogP) is 3.91. The highest BCUT2D eigenvalue weighted by Crippen LogP contribution is 2.21. The van der Waals surface area contributed by atoms with Crippen LogP contribution in [0.3, 0.4) is 0 Å². The van der Waals surface area contributed by atoms with Gasteiger partial charge >= 0.3 is 6.01 Å². The summed E-state index contributed by atoms with van der Waals surface area (Å²) in [6.45, 7) is 5.55. The fourth-order valence-electron chi connectivity index (χ4n) is 1.66. The van der Waals surface area contributed by atoms with Crippen molar-refractivity contribution < 1.29 is 4.74 Å². The highest BCUT2D eigenvalue weighted by atomic mass is 79.9. The smallest absolute Gasteiger partial charge is 0.321 e. The molecule has 1 heterocycles. The van der Waals surface area contributed by atoms with E-state index in [-0.39, 0.29) is 0 Å². The van der Waals surface area contributed by atoms with E-state index in [1.807, 2.05) is 31.2 Å². The van der Waals surface area contributed by atoms with Crippen molar-refractivity contribution in [1.29, 1.82) is 0 Å². The summed E-state index contributed by atoms with van der Waals surface area (Å²) in [5.74, 6) is 1.16. The summed E-state index contributed by atoms with van der Waals surface area (Å²) >= 11 is 3.43. The van der Waals surface area contributed by atoms with Gasteiger partial charge in [-0.3, -0.25) is 0 Å². The van der Waals surface area contributed by atoms with Crippen molar-refractivity contribution in [2.24, 2.45) is 0 Å². The molecule has 0 unspecified atom stereocenters. The summed E-state index contributed by atoms with van der Waals surface area (Å²) in [6.07, 6.45) is 1.92. The number of ether oxygens (including phenoxy) is 1. The monoisotopic (exact) mass is 350 g/mol. The topological polar surface area (TPSA) is 59.9 Å². The third kappa shape index (κ3) is 4.67. The maximum Gasteiger partial charge on any atom is 0.321 e. The summed E-state index contributed by atoms with van der Waals surface area (Å²) in [4.78, 5) is 13.1. The van der Waals surface area contributed by atoms with E-state index in [0.717, 1.165) is 29.4 Å². The van der Waals surface area contributed by atoms with E-state index < -0.39 is 0 Å². The fraction of sp³-hybridized carbons (Fsp3) is 0.400. The average molecular weight is 351 g/mol. The lowest BCUT2D eigenvalue weighted by Gasteiger charge is -2.09. The first-order chi connectivity index (χ1) is 10.2. The molecule has 0 aliphatic heterocycles. The van der Waals surface area contributed by atoms with Gasteiger partial charge in [0, 0.05) is 16.6 Å². The van der Waals surface area contributed by atoms with E-state index in [1.165, 1.54) is 0 Å². The molecule has 5 nitrogen and oxygen atoms in total. The van der Waals surface area contributed by atoms with E-state index >= 15 is 0 Å². The van der Waals surface area contributed by atoms with Gasteiger partial charge in [-0.15, -0.1) is 0 Å². The van der Waals surface area contributed by atoms with Crippen molar-refractivity contribution in [2.45, 2.75) is 26.7 Å². The fourth-order valence-corrected chi connectivity index (χ4v) is 1.92. The molecule has 0 aliphatic carbocycles. The molecule has 0 atom stereocenters. The third-order valence-electron chi connectivity index (χ3n) is 2.69. The van der Waals surface area contributed by atoms with Gasteiger partial charge in [0.15, 0.2) is 5.82 Å². The van der Waals surface area contributed by atoms with Gasteiger partial charge in [-0.1, -0.05) is 41.9 Å². The molecule has 1 aromatic carbocycles. The molecule has 0 radical (unpaired) electrons. The van der Waals surface area contributed by atoms with Crippen molar-refractivity contribution in [2.75, 3.05) is 18.5 Å². The number of hydrogen-bond acceptors (Lipinski definition) is 5. The van der Waals surface area contributed by atoms with Crippen molar-refractivity contribution in [3.8, 4) is 17.4 Å². The Labute approximate surface area is 133 Å². The molecule has 2 aromatic rings. The third-order valence-corrected chi connectivity index (χ3v) is 3.21. The summed E-state index contributed by atoms with van der Waals surface area (Å²) in [5, 5.41) is 3.18. The van der Waals surface area contributed by atoms with Gasteiger partial charge in [-0.05, 0) is 25.0 Å². The molecule has 0 amide bonds. The van der Waals surface area contributed by atoms with Crippen LogP contribution < -0.4 is 10.1 Å². The number of nitrogens with one attached hydrogen (secondary N) is 1. The van der Waals surface area contributed by atoms with E-state index in [2.05, 4.69) is 43.1 Å². The molecular weight excluding hydrogens is 332 g/mol. The maximum atomic E-state index is 5.55. The summed E-state index contributed by atoms with van der Waals surface area (Å²) in [6, 6.07) is 8.22. The first-order valence-electron chi connectivity index (χ1n) is 7.11. The van der Waals surface area contributed by atoms with Gasteiger partial charge in [0.1, 0.15) is 0 Å². The van der Waals surface area contributed by atoms with Gasteiger partial charge < -0.3 is 10.1 Å². The number of aromatic nitrogens is 3. The molecule has 0 saturated heterocycles. The highest BCUT2D eigenvalue weighted by Gasteiger charge is 2.09. The van der Waals surface area contributed by atoms with E-state index in [1.54, 1.807) is 0 Å². The van der Waals surface area contributed by atoms with Gasteiger partial charge in [0.25, 0.3) is 0 Å². The lowest BCUT2D eigenvalue weighted by atomic mass is 10.2. The second-order valence-electron chi connectivity index (χ2n) is 4.55. The van der Waals surface area contributed by atoms with Crippen molar-refractivity contribution in [1.82, 2.24) is 15.0 Å². The molecule has 112 valence electrons. The van der Waals surface area contributed by atoms with Crippen LogP contribution in [0.1, 0.15) is 26.7 Å². The van der Waals surface area contributed by atoms with Gasteiger partial charge in [-0.2, -0.15) is 15.0 Å². The van der Waals surface area contributed by atoms with Gasteiger partial charge in [0.2, 0.25) is 5.95 Å². The average Bonchev–Trinajstić information content (AvgIpc) is 2.51. The number of nitrogens with zero attached hydrogens (tertiary/aromatic N) is 3. The number of halogens is 1. The normalized spacial score (nSPS) is 10.4. The number of rotatable bonds is 7. The molecule has 0 bridgehead atoms. The van der Waals surface area contributed by atoms with Crippen molar-refractivity contribution in [3.63, 3.8) is 0 Å². The zero-order chi connectivity index (χ0) is 15.1. The van der Waals surface area contributed by atoms with Crippen LogP contribution in [-0.2, 0) is 0 Å². The Kier molecular flexibility index (Phi) is 5.92. The number of benzene rings is 1. The lowest BCUT2D eigenvalue weighted by molar-refractivity contribution is 0.292.